The van der Waals surface area contributed by atoms with Crippen molar-refractivity contribution in [1.82, 2.24) is 0 Å². The predicted octanol–water partition coefficient (Wildman–Crippen LogP) is 4.89. The van der Waals surface area contributed by atoms with Gasteiger partial charge in [-0.25, -0.2) is 8.42 Å². The second-order valence-corrected chi connectivity index (χ2v) is 8.81. The van der Waals surface area contributed by atoms with Crippen LogP contribution in [0.25, 0.3) is 0 Å². The lowest BCUT2D eigenvalue weighted by Gasteiger charge is -2.21. The van der Waals surface area contributed by atoms with Gasteiger partial charge in [-0.15, -0.1) is 0 Å². The first-order chi connectivity index (χ1) is 9.89. The molecular formula is C15H22ClNO4S. The van der Waals surface area contributed by atoms with Crippen LogP contribution in [-0.2, 0) is 9.05 Å². The van der Waals surface area contributed by atoms with Crippen molar-refractivity contribution >= 4 is 25.4 Å². The van der Waals surface area contributed by atoms with Gasteiger partial charge in [0.15, 0.2) is 0 Å². The molecule has 0 aliphatic rings. The van der Waals surface area contributed by atoms with E-state index in [4.69, 9.17) is 10.7 Å². The van der Waals surface area contributed by atoms with Gasteiger partial charge < -0.3 is 0 Å². The van der Waals surface area contributed by atoms with Gasteiger partial charge in [0.05, 0.1) is 15.4 Å². The monoisotopic (exact) mass is 347 g/mol. The molecule has 1 rings (SSSR count). The van der Waals surface area contributed by atoms with Crippen LogP contribution in [0.15, 0.2) is 11.0 Å². The molecule has 1 aromatic carbocycles. The first kappa shape index (κ1) is 18.9. The summed E-state index contributed by atoms with van der Waals surface area (Å²) in [7, 11) is 1.53. The van der Waals surface area contributed by atoms with Crippen molar-refractivity contribution in [3.8, 4) is 0 Å². The van der Waals surface area contributed by atoms with Gasteiger partial charge in [-0.3, -0.25) is 10.1 Å². The maximum absolute atomic E-state index is 12.1. The maximum Gasteiger partial charge on any atom is 0.277 e. The molecule has 0 heterocycles. The summed E-state index contributed by atoms with van der Waals surface area (Å²) in [6.45, 7) is 10.9. The zero-order chi connectivity index (χ0) is 17.4. The Labute approximate surface area is 136 Å². The molecule has 22 heavy (non-hydrogen) atoms. The zero-order valence-electron chi connectivity index (χ0n) is 13.7. The average molecular weight is 348 g/mol. The van der Waals surface area contributed by atoms with Crippen LogP contribution in [0.2, 0.25) is 0 Å². The fourth-order valence-electron chi connectivity index (χ4n) is 2.60. The molecular weight excluding hydrogens is 326 g/mol. The van der Waals surface area contributed by atoms with Crippen LogP contribution in [-0.4, -0.2) is 13.3 Å². The molecule has 5 nitrogen and oxygen atoms in total. The predicted molar refractivity (Wildman–Crippen MR) is 88.4 cm³/mol. The Bertz CT molecular complexity index is 694. The van der Waals surface area contributed by atoms with Gasteiger partial charge in [-0.2, -0.15) is 0 Å². The number of halogens is 1. The zero-order valence-corrected chi connectivity index (χ0v) is 15.2. The third-order valence-corrected chi connectivity index (χ3v) is 5.00. The van der Waals surface area contributed by atoms with E-state index < -0.39 is 14.0 Å². The highest BCUT2D eigenvalue weighted by Crippen LogP contribution is 2.43. The van der Waals surface area contributed by atoms with E-state index in [0.717, 1.165) is 0 Å². The minimum atomic E-state index is -4.08. The van der Waals surface area contributed by atoms with Gasteiger partial charge in [0.25, 0.3) is 14.7 Å². The van der Waals surface area contributed by atoms with Crippen molar-refractivity contribution < 1.29 is 13.3 Å². The van der Waals surface area contributed by atoms with Crippen LogP contribution in [0, 0.1) is 10.1 Å². The minimum Gasteiger partial charge on any atom is -0.258 e. The Morgan fingerprint density at radius 1 is 1.00 bits per heavy atom. The van der Waals surface area contributed by atoms with Crippen molar-refractivity contribution in [1.29, 1.82) is 0 Å². The molecule has 0 saturated carbocycles. The summed E-state index contributed by atoms with van der Waals surface area (Å²) in [4.78, 5) is 11.0. The number of nitrogens with zero attached hydrogens (tertiary/aromatic N) is 1. The van der Waals surface area contributed by atoms with Crippen LogP contribution in [0.5, 0.6) is 0 Å². The molecule has 0 aromatic heterocycles. The summed E-state index contributed by atoms with van der Waals surface area (Å²) in [6.07, 6.45) is 0. The number of hydrogen-bond donors (Lipinski definition) is 0. The van der Waals surface area contributed by atoms with Crippen molar-refractivity contribution in [3.05, 3.63) is 32.9 Å². The molecule has 0 aliphatic heterocycles. The van der Waals surface area contributed by atoms with E-state index >= 15 is 0 Å². The lowest BCUT2D eigenvalue weighted by Crippen LogP contribution is -2.13. The third-order valence-electron chi connectivity index (χ3n) is 3.59. The van der Waals surface area contributed by atoms with Gasteiger partial charge in [0.2, 0.25) is 0 Å². The maximum atomic E-state index is 12.1. The minimum absolute atomic E-state index is 0.0949. The number of benzene rings is 1. The van der Waals surface area contributed by atoms with Crippen LogP contribution in [0.3, 0.4) is 0 Å². The van der Waals surface area contributed by atoms with Crippen LogP contribution in [0.1, 0.15) is 76.0 Å². The summed E-state index contributed by atoms with van der Waals surface area (Å²) in [5.41, 5.74) is 1.15. The largest absolute Gasteiger partial charge is 0.277 e. The third kappa shape index (κ3) is 3.60. The molecule has 0 N–H and O–H groups in total. The highest BCUT2D eigenvalue weighted by atomic mass is 35.7. The van der Waals surface area contributed by atoms with E-state index in [9.17, 15) is 18.5 Å². The number of nitro benzene ring substituents is 1. The molecule has 0 spiro atoms. The van der Waals surface area contributed by atoms with Gasteiger partial charge in [-0.1, -0.05) is 41.5 Å². The first-order valence-electron chi connectivity index (χ1n) is 7.19. The summed E-state index contributed by atoms with van der Waals surface area (Å²) >= 11 is 0. The van der Waals surface area contributed by atoms with Gasteiger partial charge >= 0.3 is 0 Å². The summed E-state index contributed by atoms with van der Waals surface area (Å²) in [5.74, 6) is -0.540. The Morgan fingerprint density at radius 2 is 1.45 bits per heavy atom. The fourth-order valence-corrected chi connectivity index (χ4v) is 4.29. The number of nitro groups is 1. The molecule has 0 saturated heterocycles. The van der Waals surface area contributed by atoms with Crippen molar-refractivity contribution in [2.24, 2.45) is 0 Å². The van der Waals surface area contributed by atoms with E-state index in [1.54, 1.807) is 19.9 Å². The van der Waals surface area contributed by atoms with E-state index in [0.29, 0.717) is 11.1 Å². The smallest absolute Gasteiger partial charge is 0.258 e. The lowest BCUT2D eigenvalue weighted by molar-refractivity contribution is -0.386. The molecule has 124 valence electrons. The number of rotatable bonds is 5. The molecule has 0 unspecified atom stereocenters. The molecule has 0 amide bonds. The lowest BCUT2D eigenvalue weighted by atomic mass is 9.87. The Morgan fingerprint density at radius 3 is 1.73 bits per heavy atom. The quantitative estimate of drug-likeness (QED) is 0.431. The van der Waals surface area contributed by atoms with E-state index in [1.165, 1.54) is 0 Å². The number of hydrogen-bond acceptors (Lipinski definition) is 4. The second-order valence-electron chi connectivity index (χ2n) is 6.31. The normalized spacial score (nSPS) is 12.5. The van der Waals surface area contributed by atoms with Crippen molar-refractivity contribution in [3.63, 3.8) is 0 Å². The Hall–Kier alpha value is -1.14. The highest BCUT2D eigenvalue weighted by molar-refractivity contribution is 8.13. The molecule has 0 fully saturated rings. The van der Waals surface area contributed by atoms with Gasteiger partial charge in [-0.05, 0) is 29.4 Å². The molecule has 0 radical (unpaired) electrons. The van der Waals surface area contributed by atoms with Crippen molar-refractivity contribution in [2.75, 3.05) is 0 Å². The van der Waals surface area contributed by atoms with Crippen molar-refractivity contribution in [2.45, 2.75) is 64.2 Å². The Kier molecular flexibility index (Phi) is 5.62. The van der Waals surface area contributed by atoms with Gasteiger partial charge in [0.1, 0.15) is 0 Å². The van der Waals surface area contributed by atoms with E-state index in [1.807, 2.05) is 27.7 Å². The van der Waals surface area contributed by atoms with Crippen LogP contribution >= 0.6 is 10.7 Å². The molecule has 7 heteroatoms. The first-order valence-corrected chi connectivity index (χ1v) is 9.50. The summed E-state index contributed by atoms with van der Waals surface area (Å²) < 4.78 is 24.2. The topological polar surface area (TPSA) is 77.3 Å². The Balaban J connectivity index is 4.14. The van der Waals surface area contributed by atoms with E-state index in [-0.39, 0.29) is 33.9 Å². The fraction of sp³-hybridized carbons (Fsp3) is 0.600. The van der Waals surface area contributed by atoms with Crippen LogP contribution < -0.4 is 0 Å². The summed E-state index contributed by atoms with van der Waals surface area (Å²) in [5, 5.41) is 11.6. The second kappa shape index (κ2) is 6.54. The SMILES string of the molecule is CC(C)c1cc(C(C)C)c(S(=O)(=O)Cl)c(C(C)C)c1[N+](=O)[O-]. The van der Waals surface area contributed by atoms with Crippen LogP contribution in [0.4, 0.5) is 5.69 Å². The molecule has 0 atom stereocenters. The molecule has 0 aliphatic carbocycles. The van der Waals surface area contributed by atoms with E-state index in [2.05, 4.69) is 0 Å². The molecule has 0 bridgehead atoms. The average Bonchev–Trinajstić information content (AvgIpc) is 2.34. The molecule has 1 aromatic rings. The summed E-state index contributed by atoms with van der Waals surface area (Å²) in [6, 6.07) is 1.62. The standard InChI is InChI=1S/C15H22ClNO4S/c1-8(2)11-7-12(9(3)4)15(22(16,20)21)13(10(5)6)14(11)17(18)19/h7-10H,1-6H3. The highest BCUT2D eigenvalue weighted by Gasteiger charge is 2.34. The van der Waals surface area contributed by atoms with Gasteiger partial charge in [0, 0.05) is 16.2 Å².